The average molecular weight is 592 g/mol. The van der Waals surface area contributed by atoms with Crippen LogP contribution in [0.4, 0.5) is 5.69 Å². The van der Waals surface area contributed by atoms with E-state index in [1.165, 1.54) is 23.2 Å². The van der Waals surface area contributed by atoms with Gasteiger partial charge in [0.1, 0.15) is 4.83 Å². The number of thiophene rings is 1. The molecular weight excluding hydrogens is 558 g/mol. The van der Waals surface area contributed by atoms with E-state index in [4.69, 9.17) is 11.6 Å². The van der Waals surface area contributed by atoms with Gasteiger partial charge in [0.05, 0.1) is 16.6 Å². The first-order valence-corrected chi connectivity index (χ1v) is 15.1. The molecule has 0 fully saturated rings. The summed E-state index contributed by atoms with van der Waals surface area (Å²) >= 11 is 7.69. The number of aromatic nitrogens is 2. The summed E-state index contributed by atoms with van der Waals surface area (Å²) in [4.78, 5) is 51.6. The zero-order chi connectivity index (χ0) is 29.1. The molecule has 0 aliphatic carbocycles. The van der Waals surface area contributed by atoms with Crippen LogP contribution in [-0.4, -0.2) is 57.3 Å². The molecule has 2 aromatic heterocycles. The van der Waals surface area contributed by atoms with Crippen LogP contribution >= 0.6 is 22.9 Å². The summed E-state index contributed by atoms with van der Waals surface area (Å²) in [5.41, 5.74) is 3.28. The molecule has 2 amide bonds. The van der Waals surface area contributed by atoms with Gasteiger partial charge >= 0.3 is 0 Å². The maximum atomic E-state index is 14.2. The van der Waals surface area contributed by atoms with Crippen LogP contribution in [0.2, 0.25) is 5.02 Å². The molecule has 0 radical (unpaired) electrons. The molecular formula is C31H34ClN5O3S. The van der Waals surface area contributed by atoms with Crippen molar-refractivity contribution < 1.29 is 9.59 Å². The molecule has 5 rings (SSSR count). The fraction of sp³-hybridized carbons (Fsp3) is 0.355. The second-order valence-corrected chi connectivity index (χ2v) is 11.8. The minimum atomic E-state index is -0.160. The van der Waals surface area contributed by atoms with E-state index in [0.29, 0.717) is 51.9 Å². The van der Waals surface area contributed by atoms with Gasteiger partial charge in [0.2, 0.25) is 5.91 Å². The molecule has 4 aromatic rings. The molecule has 1 aliphatic rings. The van der Waals surface area contributed by atoms with Crippen molar-refractivity contribution in [2.45, 2.75) is 46.8 Å². The third-order valence-corrected chi connectivity index (χ3v) is 9.03. The Morgan fingerprint density at radius 1 is 1.05 bits per heavy atom. The average Bonchev–Trinajstić information content (AvgIpc) is 3.29. The molecule has 214 valence electrons. The number of aryl methyl sites for hydroxylation is 2. The Balaban J connectivity index is 1.55. The Bertz CT molecular complexity index is 1630. The number of halogens is 1. The van der Waals surface area contributed by atoms with Gasteiger partial charge in [-0.3, -0.25) is 23.9 Å². The van der Waals surface area contributed by atoms with Gasteiger partial charge in [0.25, 0.3) is 11.5 Å². The summed E-state index contributed by atoms with van der Waals surface area (Å²) in [6, 6.07) is 15.7. The first-order chi connectivity index (χ1) is 19.8. The van der Waals surface area contributed by atoms with Crippen molar-refractivity contribution in [1.29, 1.82) is 0 Å². The van der Waals surface area contributed by atoms with E-state index in [1.807, 2.05) is 49.1 Å². The van der Waals surface area contributed by atoms with Gasteiger partial charge in [-0.15, -0.1) is 11.3 Å². The van der Waals surface area contributed by atoms with Gasteiger partial charge in [0.15, 0.2) is 0 Å². The summed E-state index contributed by atoms with van der Waals surface area (Å²) in [6.45, 7) is 9.27. The van der Waals surface area contributed by atoms with E-state index in [2.05, 4.69) is 22.0 Å². The highest BCUT2D eigenvalue weighted by Crippen LogP contribution is 2.31. The Hall–Kier alpha value is -3.53. The Labute approximate surface area is 248 Å². The van der Waals surface area contributed by atoms with Crippen molar-refractivity contribution in [3.8, 4) is 0 Å². The van der Waals surface area contributed by atoms with Crippen molar-refractivity contribution in [2.75, 3.05) is 31.1 Å². The van der Waals surface area contributed by atoms with Crippen molar-refractivity contribution in [3.05, 3.63) is 91.8 Å². The van der Waals surface area contributed by atoms with Gasteiger partial charge in [-0.1, -0.05) is 41.9 Å². The van der Waals surface area contributed by atoms with E-state index in [9.17, 15) is 14.4 Å². The highest BCUT2D eigenvalue weighted by molar-refractivity contribution is 7.20. The van der Waals surface area contributed by atoms with Crippen LogP contribution in [0.1, 0.15) is 46.6 Å². The number of anilines is 1. The number of rotatable bonds is 4. The van der Waals surface area contributed by atoms with Gasteiger partial charge < -0.3 is 9.80 Å². The van der Waals surface area contributed by atoms with Crippen molar-refractivity contribution in [1.82, 2.24) is 19.4 Å². The lowest BCUT2D eigenvalue weighted by molar-refractivity contribution is -0.116. The van der Waals surface area contributed by atoms with Gasteiger partial charge in [-0.05, 0) is 55.2 Å². The quantitative estimate of drug-likeness (QED) is 0.320. The number of nitrogens with zero attached hydrogens (tertiary/aromatic N) is 5. The molecule has 10 heteroatoms. The fourth-order valence-electron chi connectivity index (χ4n) is 5.41. The van der Waals surface area contributed by atoms with Crippen LogP contribution in [0.15, 0.2) is 59.7 Å². The first-order valence-electron chi connectivity index (χ1n) is 13.9. The van der Waals surface area contributed by atoms with E-state index in [-0.39, 0.29) is 23.9 Å². The number of fused-ring (bicyclic) bond motifs is 2. The topological polar surface area (TPSA) is 78.8 Å². The standard InChI is InChI=1S/C31H34ClN5O3S/c1-4-35-20-33-29-27(30(35)39)21(2)28(41-29)31(40)36-16-15-34(18-23-9-6-5-7-10-23)13-8-14-37(22(3)38)26-12-11-25(32)17-24(26)19-36/h5-7,9-12,17,20H,4,8,13-16,18-19H2,1-3H3. The summed E-state index contributed by atoms with van der Waals surface area (Å²) in [5, 5.41) is 1.04. The van der Waals surface area contributed by atoms with Gasteiger partial charge in [-0.2, -0.15) is 0 Å². The molecule has 0 N–H and O–H groups in total. The van der Waals surface area contributed by atoms with Crippen molar-refractivity contribution >= 4 is 50.7 Å². The van der Waals surface area contributed by atoms with Crippen LogP contribution in [0, 0.1) is 6.92 Å². The lowest BCUT2D eigenvalue weighted by Crippen LogP contribution is -2.38. The first kappa shape index (κ1) is 29.0. The van der Waals surface area contributed by atoms with Gasteiger partial charge in [-0.25, -0.2) is 4.98 Å². The lowest BCUT2D eigenvalue weighted by Gasteiger charge is -2.28. The van der Waals surface area contributed by atoms with Crippen molar-refractivity contribution in [2.24, 2.45) is 0 Å². The fourth-order valence-corrected chi connectivity index (χ4v) is 6.71. The van der Waals surface area contributed by atoms with E-state index >= 15 is 0 Å². The van der Waals surface area contributed by atoms with Crippen molar-refractivity contribution in [3.63, 3.8) is 0 Å². The molecule has 0 bridgehead atoms. The number of amides is 2. The molecule has 41 heavy (non-hydrogen) atoms. The number of carbonyl (C=O) groups excluding carboxylic acids is 2. The molecule has 0 unspecified atom stereocenters. The molecule has 3 heterocycles. The predicted octanol–water partition coefficient (Wildman–Crippen LogP) is 5.34. The van der Waals surface area contributed by atoms with Crippen LogP contribution in [-0.2, 0) is 24.4 Å². The molecule has 0 saturated heterocycles. The summed E-state index contributed by atoms with van der Waals surface area (Å²) in [7, 11) is 0. The summed E-state index contributed by atoms with van der Waals surface area (Å²) in [5.74, 6) is -0.217. The predicted molar refractivity (Wildman–Crippen MR) is 165 cm³/mol. The lowest BCUT2D eigenvalue weighted by atomic mass is 10.1. The Kier molecular flexibility index (Phi) is 8.87. The molecule has 0 saturated carbocycles. The molecule has 0 atom stereocenters. The third kappa shape index (κ3) is 6.22. The highest BCUT2D eigenvalue weighted by atomic mass is 35.5. The zero-order valence-corrected chi connectivity index (χ0v) is 25.2. The molecule has 0 spiro atoms. The minimum absolute atomic E-state index is 0.0565. The maximum Gasteiger partial charge on any atom is 0.264 e. The van der Waals surface area contributed by atoms with Crippen LogP contribution < -0.4 is 10.5 Å². The number of hydrogen-bond acceptors (Lipinski definition) is 6. The number of hydrogen-bond donors (Lipinski definition) is 0. The van der Waals surface area contributed by atoms with Gasteiger partial charge in [0, 0.05) is 63.4 Å². The minimum Gasteiger partial charge on any atom is -0.332 e. The Morgan fingerprint density at radius 2 is 1.83 bits per heavy atom. The number of benzene rings is 2. The molecule has 2 aromatic carbocycles. The Morgan fingerprint density at radius 3 is 2.56 bits per heavy atom. The normalized spacial score (nSPS) is 15.0. The summed E-state index contributed by atoms with van der Waals surface area (Å²) < 4.78 is 1.56. The summed E-state index contributed by atoms with van der Waals surface area (Å²) in [6.07, 6.45) is 2.32. The third-order valence-electron chi connectivity index (χ3n) is 7.60. The second kappa shape index (κ2) is 12.5. The monoisotopic (exact) mass is 591 g/mol. The van der Waals surface area contributed by atoms with E-state index in [0.717, 1.165) is 30.8 Å². The van der Waals surface area contributed by atoms with Crippen LogP contribution in [0.3, 0.4) is 0 Å². The zero-order valence-electron chi connectivity index (χ0n) is 23.6. The largest absolute Gasteiger partial charge is 0.332 e. The second-order valence-electron chi connectivity index (χ2n) is 10.4. The molecule has 1 aliphatic heterocycles. The van der Waals surface area contributed by atoms with E-state index < -0.39 is 0 Å². The smallest absolute Gasteiger partial charge is 0.264 e. The van der Waals surface area contributed by atoms with Crippen LogP contribution in [0.25, 0.3) is 10.2 Å². The number of carbonyl (C=O) groups is 2. The SMILES string of the molecule is CCn1cnc2sc(C(=O)N3CCN(Cc4ccccc4)CCCN(C(C)=O)c4ccc(Cl)cc4C3)c(C)c2c1=O. The van der Waals surface area contributed by atoms with Crippen LogP contribution in [0.5, 0.6) is 0 Å². The highest BCUT2D eigenvalue weighted by Gasteiger charge is 2.27. The molecule has 8 nitrogen and oxygen atoms in total. The van der Waals surface area contributed by atoms with E-state index in [1.54, 1.807) is 22.5 Å². The maximum absolute atomic E-state index is 14.2.